The fourth-order valence-corrected chi connectivity index (χ4v) is 3.67. The zero-order valence-electron chi connectivity index (χ0n) is 17.0. The van der Waals surface area contributed by atoms with Crippen LogP contribution in [-0.2, 0) is 25.1 Å². The highest BCUT2D eigenvalue weighted by Gasteiger charge is 2.05. The van der Waals surface area contributed by atoms with Gasteiger partial charge in [-0.2, -0.15) is 11.8 Å². The number of aryl methyl sites for hydroxylation is 2. The molecule has 7 heteroatoms. The van der Waals surface area contributed by atoms with Crippen molar-refractivity contribution in [2.45, 2.75) is 25.1 Å². The van der Waals surface area contributed by atoms with Gasteiger partial charge in [0.2, 0.25) is 5.95 Å². The van der Waals surface area contributed by atoms with Gasteiger partial charge in [0.05, 0.1) is 12.3 Å². The Balaban J connectivity index is 1.38. The monoisotopic (exact) mass is 412 g/mol. The number of rotatable bonds is 11. The van der Waals surface area contributed by atoms with Crippen molar-refractivity contribution in [3.05, 3.63) is 81.7 Å². The van der Waals surface area contributed by atoms with Crippen LogP contribution in [0.4, 0.5) is 5.95 Å². The predicted molar refractivity (Wildman–Crippen MR) is 119 cm³/mol. The fourth-order valence-electron chi connectivity index (χ4n) is 2.92. The number of hydrogen-bond donors (Lipinski definition) is 2. The maximum absolute atomic E-state index is 12.3. The number of anilines is 1. The molecule has 0 aliphatic rings. The fraction of sp³-hybridized carbons (Fsp3) is 0.364. The summed E-state index contributed by atoms with van der Waals surface area (Å²) in [5.41, 5.74) is 1.85. The molecule has 2 heterocycles. The van der Waals surface area contributed by atoms with Crippen molar-refractivity contribution in [2.75, 3.05) is 31.7 Å². The molecule has 0 radical (unpaired) electrons. The number of thioether (sulfide) groups is 1. The molecular weight excluding hydrogens is 384 g/mol. The molecule has 0 spiro atoms. The van der Waals surface area contributed by atoms with Crippen molar-refractivity contribution < 1.29 is 4.42 Å². The Kier molecular flexibility index (Phi) is 7.95. The maximum Gasteiger partial charge on any atom is 0.255 e. The van der Waals surface area contributed by atoms with Crippen LogP contribution in [0.1, 0.15) is 22.6 Å². The predicted octanol–water partition coefficient (Wildman–Crippen LogP) is 3.56. The Morgan fingerprint density at radius 1 is 1.10 bits per heavy atom. The number of nitrogens with one attached hydrogen (secondary N) is 2. The highest BCUT2D eigenvalue weighted by Crippen LogP contribution is 2.16. The van der Waals surface area contributed by atoms with E-state index in [1.54, 1.807) is 18.0 Å². The molecule has 154 valence electrons. The van der Waals surface area contributed by atoms with Gasteiger partial charge in [-0.05, 0) is 44.6 Å². The topological polar surface area (TPSA) is 74.2 Å². The minimum absolute atomic E-state index is 0.0740. The second-order valence-electron chi connectivity index (χ2n) is 7.16. The summed E-state index contributed by atoms with van der Waals surface area (Å²) >= 11 is 1.78. The highest BCUT2D eigenvalue weighted by molar-refractivity contribution is 7.98. The van der Waals surface area contributed by atoms with E-state index in [1.807, 2.05) is 44.4 Å². The van der Waals surface area contributed by atoms with Crippen LogP contribution in [0.3, 0.4) is 0 Å². The van der Waals surface area contributed by atoms with Gasteiger partial charge < -0.3 is 14.6 Å². The third-order valence-electron chi connectivity index (χ3n) is 4.37. The number of hydrogen-bond acceptors (Lipinski definition) is 6. The average molecular weight is 413 g/mol. The Hall–Kier alpha value is -2.51. The van der Waals surface area contributed by atoms with Crippen LogP contribution in [-0.4, -0.2) is 41.3 Å². The normalized spacial score (nSPS) is 11.1. The van der Waals surface area contributed by atoms with Gasteiger partial charge in [-0.1, -0.05) is 30.3 Å². The molecule has 2 aromatic heterocycles. The van der Waals surface area contributed by atoms with Gasteiger partial charge in [0, 0.05) is 24.1 Å². The van der Waals surface area contributed by atoms with Gasteiger partial charge in [-0.25, -0.2) is 4.98 Å². The van der Waals surface area contributed by atoms with Crippen molar-refractivity contribution in [3.8, 4) is 0 Å². The van der Waals surface area contributed by atoms with E-state index >= 15 is 0 Å². The molecule has 3 aromatic rings. The zero-order valence-corrected chi connectivity index (χ0v) is 17.8. The molecule has 29 heavy (non-hydrogen) atoms. The van der Waals surface area contributed by atoms with Crippen LogP contribution in [0.5, 0.6) is 0 Å². The second-order valence-corrected chi connectivity index (χ2v) is 8.26. The van der Waals surface area contributed by atoms with Crippen LogP contribution in [0, 0.1) is 0 Å². The van der Waals surface area contributed by atoms with Crippen LogP contribution in [0.15, 0.2) is 57.9 Å². The van der Waals surface area contributed by atoms with Gasteiger partial charge in [0.1, 0.15) is 11.5 Å². The van der Waals surface area contributed by atoms with E-state index in [0.29, 0.717) is 17.9 Å². The maximum atomic E-state index is 12.3. The van der Waals surface area contributed by atoms with Crippen molar-refractivity contribution in [2.24, 2.45) is 0 Å². The molecule has 0 bridgehead atoms. The van der Waals surface area contributed by atoms with Gasteiger partial charge >= 0.3 is 0 Å². The zero-order chi connectivity index (χ0) is 20.5. The molecule has 6 nitrogen and oxygen atoms in total. The van der Waals surface area contributed by atoms with Crippen molar-refractivity contribution in [3.63, 3.8) is 0 Å². The lowest BCUT2D eigenvalue weighted by Gasteiger charge is -2.07. The summed E-state index contributed by atoms with van der Waals surface area (Å²) in [6.45, 7) is 1.54. The third kappa shape index (κ3) is 7.11. The lowest BCUT2D eigenvalue weighted by atomic mass is 10.1. The summed E-state index contributed by atoms with van der Waals surface area (Å²) in [6.07, 6.45) is 3.19. The Bertz CT molecular complexity index is 937. The molecule has 1 aromatic carbocycles. The van der Waals surface area contributed by atoms with Crippen molar-refractivity contribution in [1.82, 2.24) is 14.9 Å². The van der Waals surface area contributed by atoms with E-state index in [-0.39, 0.29) is 5.56 Å². The van der Waals surface area contributed by atoms with Gasteiger partial charge in [-0.3, -0.25) is 9.78 Å². The van der Waals surface area contributed by atoms with E-state index in [0.717, 1.165) is 42.5 Å². The number of benzene rings is 1. The molecule has 0 aliphatic heterocycles. The molecule has 3 rings (SSSR count). The SMILES string of the molecule is CN(C)Cc1ccc(CSCCNc2ncc(CCc3ccccc3)c(=O)[nH]2)o1. The van der Waals surface area contributed by atoms with Crippen molar-refractivity contribution in [1.29, 1.82) is 0 Å². The van der Waals surface area contributed by atoms with Gasteiger partial charge in [0.25, 0.3) is 5.56 Å². The molecule has 0 atom stereocenters. The standard InChI is InChI=1S/C22H28N4O2S/c1-26(2)15-19-10-11-20(28-19)16-29-13-12-23-22-24-14-18(21(27)25-22)9-8-17-6-4-3-5-7-17/h3-7,10-11,14H,8-9,12-13,15-16H2,1-2H3,(H2,23,24,25,27). The van der Waals surface area contributed by atoms with Crippen LogP contribution >= 0.6 is 11.8 Å². The first-order valence-electron chi connectivity index (χ1n) is 9.76. The van der Waals surface area contributed by atoms with Gasteiger partial charge in [-0.15, -0.1) is 0 Å². The summed E-state index contributed by atoms with van der Waals surface area (Å²) in [7, 11) is 4.05. The van der Waals surface area contributed by atoms with E-state index in [4.69, 9.17) is 4.42 Å². The van der Waals surface area contributed by atoms with E-state index in [9.17, 15) is 4.79 Å². The molecule has 0 amide bonds. The first kappa shape index (κ1) is 21.2. The minimum Gasteiger partial charge on any atom is -0.464 e. The Morgan fingerprint density at radius 2 is 1.90 bits per heavy atom. The van der Waals surface area contributed by atoms with Crippen LogP contribution in [0.25, 0.3) is 0 Å². The molecule has 0 saturated heterocycles. The quantitative estimate of drug-likeness (QED) is 0.469. The van der Waals surface area contributed by atoms with E-state index in [2.05, 4.69) is 32.3 Å². The Morgan fingerprint density at radius 3 is 2.66 bits per heavy atom. The van der Waals surface area contributed by atoms with E-state index < -0.39 is 0 Å². The number of nitrogens with zero attached hydrogens (tertiary/aromatic N) is 2. The second kappa shape index (κ2) is 10.9. The lowest BCUT2D eigenvalue weighted by Crippen LogP contribution is -2.18. The molecular formula is C22H28N4O2S. The summed E-state index contributed by atoms with van der Waals surface area (Å²) in [4.78, 5) is 21.5. The first-order valence-corrected chi connectivity index (χ1v) is 10.9. The highest BCUT2D eigenvalue weighted by atomic mass is 32.2. The first-order chi connectivity index (χ1) is 14.1. The average Bonchev–Trinajstić information content (AvgIpc) is 3.14. The van der Waals surface area contributed by atoms with Crippen LogP contribution in [0.2, 0.25) is 0 Å². The number of aromatic nitrogens is 2. The summed E-state index contributed by atoms with van der Waals surface area (Å²) < 4.78 is 5.80. The van der Waals surface area contributed by atoms with E-state index in [1.165, 1.54) is 5.56 Å². The summed E-state index contributed by atoms with van der Waals surface area (Å²) in [6, 6.07) is 14.2. The largest absolute Gasteiger partial charge is 0.464 e. The minimum atomic E-state index is -0.0740. The summed E-state index contributed by atoms with van der Waals surface area (Å²) in [5.74, 6) is 4.21. The summed E-state index contributed by atoms with van der Waals surface area (Å²) in [5, 5.41) is 3.18. The molecule has 0 saturated carbocycles. The van der Waals surface area contributed by atoms with Crippen molar-refractivity contribution >= 4 is 17.7 Å². The number of H-pyrrole nitrogens is 1. The molecule has 0 aliphatic carbocycles. The molecule has 0 fully saturated rings. The molecule has 2 N–H and O–H groups in total. The number of aromatic amines is 1. The van der Waals surface area contributed by atoms with Crippen LogP contribution < -0.4 is 10.9 Å². The van der Waals surface area contributed by atoms with Gasteiger partial charge in [0.15, 0.2) is 0 Å². The smallest absolute Gasteiger partial charge is 0.255 e. The molecule has 0 unspecified atom stereocenters. The Labute approximate surface area is 175 Å². The number of furan rings is 1. The third-order valence-corrected chi connectivity index (χ3v) is 5.35. The lowest BCUT2D eigenvalue weighted by molar-refractivity contribution is 0.344.